The largest absolute Gasteiger partial charge is 0.354 e. The van der Waals surface area contributed by atoms with E-state index in [0.717, 1.165) is 95.0 Å². The summed E-state index contributed by atoms with van der Waals surface area (Å²) < 4.78 is 6.20. The van der Waals surface area contributed by atoms with Crippen molar-refractivity contribution < 1.29 is 13.7 Å². The van der Waals surface area contributed by atoms with Gasteiger partial charge < -0.3 is 9.97 Å². The molecule has 8 nitrogen and oxygen atoms in total. The van der Waals surface area contributed by atoms with Gasteiger partial charge in [0.15, 0.2) is 37.2 Å². The number of hydrogen-bond acceptors (Lipinski definition) is 4. The Hall–Kier alpha value is -6.93. The Bertz CT molecular complexity index is 2880. The molecule has 0 spiro atoms. The average Bonchev–Trinajstić information content (AvgIpc) is 4.00. The van der Waals surface area contributed by atoms with Crippen molar-refractivity contribution in [3.05, 3.63) is 145 Å². The lowest BCUT2D eigenvalue weighted by atomic mass is 10.0. The van der Waals surface area contributed by atoms with Gasteiger partial charge >= 0.3 is 0 Å². The molecule has 258 valence electrons. The predicted octanol–water partition coefficient (Wildman–Crippen LogP) is 8.53. The molecule has 0 unspecified atom stereocenters. The second-order valence-corrected chi connectivity index (χ2v) is 13.7. The van der Waals surface area contributed by atoms with Crippen LogP contribution in [0.5, 0.6) is 0 Å². The molecule has 0 fully saturated rings. The van der Waals surface area contributed by atoms with Crippen molar-refractivity contribution in [1.82, 2.24) is 19.9 Å². The van der Waals surface area contributed by atoms with E-state index in [9.17, 15) is 0 Å². The second kappa shape index (κ2) is 13.6. The number of nitrogens with zero attached hydrogens (tertiary/aromatic N) is 6. The first-order valence-electron chi connectivity index (χ1n) is 17.6. The summed E-state index contributed by atoms with van der Waals surface area (Å²) in [5, 5.41) is 2.48. The van der Waals surface area contributed by atoms with E-state index in [1.54, 1.807) is 0 Å². The van der Waals surface area contributed by atoms with Crippen molar-refractivity contribution in [3.63, 3.8) is 0 Å². The molecule has 7 aromatic rings. The van der Waals surface area contributed by atoms with Crippen LogP contribution in [0.3, 0.4) is 0 Å². The number of aromatic amines is 2. The van der Waals surface area contributed by atoms with Gasteiger partial charge in [0.2, 0.25) is 0 Å². The van der Waals surface area contributed by atoms with Crippen molar-refractivity contribution in [1.29, 1.82) is 0 Å². The maximum absolute atomic E-state index is 5.40. The summed E-state index contributed by atoms with van der Waals surface area (Å²) in [6, 6.07) is 29.2. The normalized spacial score (nSPS) is 11.8. The molecular weight excluding hydrogens is 685 g/mol. The Morgan fingerprint density at radius 1 is 0.481 bits per heavy atom. The third kappa shape index (κ3) is 6.07. The first-order valence-corrected chi connectivity index (χ1v) is 18.0. The number of rotatable bonds is 5. The van der Waals surface area contributed by atoms with Crippen molar-refractivity contribution in [3.8, 4) is 44.5 Å². The van der Waals surface area contributed by atoms with Gasteiger partial charge in [0.25, 0.3) is 0 Å². The van der Waals surface area contributed by atoms with Crippen LogP contribution in [0.4, 0.5) is 5.69 Å². The van der Waals surface area contributed by atoms with Crippen molar-refractivity contribution in [2.45, 2.75) is 0 Å². The summed E-state index contributed by atoms with van der Waals surface area (Å²) in [6.45, 7) is 0. The molecule has 0 radical (unpaired) electrons. The van der Waals surface area contributed by atoms with E-state index >= 15 is 0 Å². The maximum atomic E-state index is 5.40. The number of hydrogen-bond donors (Lipinski definition) is 2. The van der Waals surface area contributed by atoms with E-state index in [1.165, 1.54) is 0 Å². The highest BCUT2D eigenvalue weighted by molar-refractivity contribution is 7.78. The van der Waals surface area contributed by atoms with Crippen LogP contribution in [0.15, 0.2) is 127 Å². The molecule has 2 N–H and O–H groups in total. The van der Waals surface area contributed by atoms with Gasteiger partial charge in [0.05, 0.1) is 33.6 Å². The van der Waals surface area contributed by atoms with Gasteiger partial charge in [-0.15, -0.1) is 0 Å². The first-order chi connectivity index (χ1) is 26.4. The fraction of sp³-hybridized carbons (Fsp3) is 0.0667. The zero-order valence-corrected chi connectivity index (χ0v) is 30.8. The molecule has 0 saturated carbocycles. The minimum absolute atomic E-state index is 0.743. The number of nitrogens with one attached hydrogen (secondary N) is 2. The Labute approximate surface area is 317 Å². The second-order valence-electron chi connectivity index (χ2n) is 13.5. The van der Waals surface area contributed by atoms with E-state index in [-0.39, 0.29) is 0 Å². The Kier molecular flexibility index (Phi) is 8.27. The lowest BCUT2D eigenvalue weighted by Crippen LogP contribution is -2.26. The summed E-state index contributed by atoms with van der Waals surface area (Å²) in [6.07, 6.45) is 21.0. The average molecular weight is 720 g/mol. The van der Waals surface area contributed by atoms with Crippen molar-refractivity contribution in [2.75, 3.05) is 0 Å². The summed E-state index contributed by atoms with van der Waals surface area (Å²) in [4.78, 5) is 22.6. The molecule has 9 heteroatoms. The molecule has 2 aliphatic heterocycles. The molecule has 8 bridgehead atoms. The number of aryl methyl sites for hydroxylation is 3. The molecule has 8 heterocycles. The lowest BCUT2D eigenvalue weighted by molar-refractivity contribution is -0.671. The first kappa shape index (κ1) is 32.9. The number of H-pyrrole nitrogens is 2. The molecule has 2 aliphatic rings. The van der Waals surface area contributed by atoms with Crippen molar-refractivity contribution >= 4 is 69.4 Å². The molecule has 54 heavy (non-hydrogen) atoms. The summed E-state index contributed by atoms with van der Waals surface area (Å²) >= 11 is 4.88. The van der Waals surface area contributed by atoms with Gasteiger partial charge in [-0.3, -0.25) is 0 Å². The van der Waals surface area contributed by atoms with E-state index in [4.69, 9.17) is 22.2 Å². The van der Waals surface area contributed by atoms with Gasteiger partial charge in [0.1, 0.15) is 21.1 Å². The molecule has 0 saturated heterocycles. The van der Waals surface area contributed by atoms with Gasteiger partial charge in [-0.2, -0.15) is 4.99 Å². The molecular formula is C45H35N8S+3. The van der Waals surface area contributed by atoms with Gasteiger partial charge in [-0.05, 0) is 96.7 Å². The number of fused-ring (bicyclic) bond motifs is 8. The number of pyridine rings is 3. The highest BCUT2D eigenvalue weighted by Crippen LogP contribution is 2.38. The number of thiocarbonyl (C=S) groups is 1. The summed E-state index contributed by atoms with van der Waals surface area (Å²) in [7, 11) is 6.12. The van der Waals surface area contributed by atoms with E-state index in [2.05, 4.69) is 150 Å². The number of aliphatic imine (C=N–C) groups is 1. The van der Waals surface area contributed by atoms with Crippen LogP contribution in [0.2, 0.25) is 0 Å². The van der Waals surface area contributed by atoms with Gasteiger partial charge in [0, 0.05) is 79.2 Å². The summed E-state index contributed by atoms with van der Waals surface area (Å²) in [5.41, 5.74) is 16.0. The quantitative estimate of drug-likeness (QED) is 0.106. The highest BCUT2D eigenvalue weighted by Gasteiger charge is 2.20. The zero-order chi connectivity index (χ0) is 36.8. The van der Waals surface area contributed by atoms with Crippen LogP contribution in [0.25, 0.3) is 90.9 Å². The molecule has 0 aliphatic carbocycles. The van der Waals surface area contributed by atoms with Crippen LogP contribution in [-0.4, -0.2) is 25.1 Å². The zero-order valence-electron chi connectivity index (χ0n) is 29.9. The molecule has 1 aromatic carbocycles. The molecule has 6 aromatic heterocycles. The van der Waals surface area contributed by atoms with Crippen LogP contribution in [-0.2, 0) is 21.1 Å². The topological polar surface area (TPSA) is 81.4 Å². The summed E-state index contributed by atoms with van der Waals surface area (Å²) in [5.74, 6) is 0. The van der Waals surface area contributed by atoms with Gasteiger partial charge in [-0.1, -0.05) is 12.1 Å². The number of isothiocyanates is 1. The van der Waals surface area contributed by atoms with E-state index < -0.39 is 0 Å². The predicted molar refractivity (Wildman–Crippen MR) is 219 cm³/mol. The standard InChI is InChI=1S/C45H35N8S/c1-51-22-4-7-30(25-51)43-36-16-14-34(47-36)42(29-10-12-33(13-11-29)46-28-54)35-15-17-37(48-35)44(31-8-5-23-52(2)26-31)39-19-21-41(50-39)45(40-20-18-38(43)49-40)32-9-6-24-53(3)27-32/h4-27,47,50H,1-3H3/q+3. The third-order valence-corrected chi connectivity index (χ3v) is 9.86. The highest BCUT2D eigenvalue weighted by atomic mass is 32.1. The van der Waals surface area contributed by atoms with Crippen molar-refractivity contribution in [2.24, 2.45) is 26.1 Å². The van der Waals surface area contributed by atoms with E-state index in [0.29, 0.717) is 0 Å². The Morgan fingerprint density at radius 3 is 1.17 bits per heavy atom. The monoisotopic (exact) mass is 719 g/mol. The Balaban J connectivity index is 1.47. The fourth-order valence-corrected chi connectivity index (χ4v) is 7.49. The lowest BCUT2D eigenvalue weighted by Gasteiger charge is -2.06. The van der Waals surface area contributed by atoms with E-state index in [1.807, 2.05) is 51.9 Å². The fourth-order valence-electron chi connectivity index (χ4n) is 7.38. The SMILES string of the molecule is C[n+]1cccc(-c2c3nc(c(-c4ccc[n+](C)c4)c4ccc([nH]4)c(-c4ccc[n+](C)c4)c4nc(c(-c5ccc(N=C=S)cc5)c5ccc2[nH]5)C=C4)C=C3)c1. The third-order valence-electron chi connectivity index (χ3n) is 9.77. The smallest absolute Gasteiger partial charge is 0.176 e. The maximum Gasteiger partial charge on any atom is 0.176 e. The molecule has 9 rings (SSSR count). The number of aromatic nitrogens is 7. The van der Waals surface area contributed by atoms with Crippen LogP contribution >= 0.6 is 12.2 Å². The van der Waals surface area contributed by atoms with Crippen LogP contribution < -0.4 is 13.7 Å². The van der Waals surface area contributed by atoms with Crippen LogP contribution in [0, 0.1) is 0 Å². The Morgan fingerprint density at radius 2 is 0.833 bits per heavy atom. The van der Waals surface area contributed by atoms with Crippen LogP contribution in [0.1, 0.15) is 22.8 Å². The number of benzene rings is 1. The minimum Gasteiger partial charge on any atom is -0.354 e. The van der Waals surface area contributed by atoms with Gasteiger partial charge in [-0.25, -0.2) is 23.7 Å². The minimum atomic E-state index is 0.743. The molecule has 0 amide bonds. The molecule has 0 atom stereocenters.